The first-order valence-electron chi connectivity index (χ1n) is 8.55. The molecule has 24 heavy (non-hydrogen) atoms. The number of β-lactam (4-membered cyclic amide) rings is 1. The van der Waals surface area contributed by atoms with Gasteiger partial charge in [-0.1, -0.05) is 6.07 Å². The molecule has 0 aliphatic carbocycles. The average molecular weight is 348 g/mol. The first-order valence-corrected chi connectivity index (χ1v) is 9.43. The second-order valence-electron chi connectivity index (χ2n) is 7.29. The van der Waals surface area contributed by atoms with E-state index in [1.54, 1.807) is 6.07 Å². The van der Waals surface area contributed by atoms with E-state index in [0.717, 1.165) is 30.8 Å². The van der Waals surface area contributed by atoms with Gasteiger partial charge in [0.1, 0.15) is 0 Å². The minimum absolute atomic E-state index is 0.0483. The zero-order valence-electron chi connectivity index (χ0n) is 14.2. The Balaban J connectivity index is 1.44. The molecule has 6 heteroatoms. The topological polar surface area (TPSA) is 66.5 Å². The van der Waals surface area contributed by atoms with E-state index in [9.17, 15) is 14.4 Å². The summed E-state index contributed by atoms with van der Waals surface area (Å²) in [5.74, 6) is 0.676. The molecule has 2 fully saturated rings. The predicted molar refractivity (Wildman–Crippen MR) is 92.9 cm³/mol. The molecule has 2 aliphatic heterocycles. The number of piperidine rings is 1. The summed E-state index contributed by atoms with van der Waals surface area (Å²) in [6.45, 7) is 5.42. The highest BCUT2D eigenvalue weighted by atomic mass is 32.1. The molecule has 1 N–H and O–H groups in total. The zero-order chi connectivity index (χ0) is 17.3. The highest BCUT2D eigenvalue weighted by molar-refractivity contribution is 7.12. The smallest absolute Gasteiger partial charge is 0.228 e. The van der Waals surface area contributed by atoms with Crippen LogP contribution in [0.3, 0.4) is 0 Å². The number of amides is 2. The van der Waals surface area contributed by atoms with Crippen molar-refractivity contribution in [3.05, 3.63) is 22.4 Å². The molecular formula is C18H24N2O3S. The summed E-state index contributed by atoms with van der Waals surface area (Å²) < 4.78 is 0. The van der Waals surface area contributed by atoms with Crippen LogP contribution in [0.2, 0.25) is 0 Å². The summed E-state index contributed by atoms with van der Waals surface area (Å²) >= 11 is 1.42. The molecule has 0 aromatic carbocycles. The van der Waals surface area contributed by atoms with Crippen LogP contribution >= 0.6 is 11.3 Å². The van der Waals surface area contributed by atoms with Gasteiger partial charge < -0.3 is 10.2 Å². The largest absolute Gasteiger partial charge is 0.351 e. The number of Topliss-reactive ketones (excluding diaryl/α,β-unsaturated/α-hetero) is 1. The normalized spacial score (nSPS) is 23.5. The lowest BCUT2D eigenvalue weighted by atomic mass is 9.68. The molecule has 3 heterocycles. The number of thiophene rings is 1. The summed E-state index contributed by atoms with van der Waals surface area (Å²) in [7, 11) is 0. The lowest BCUT2D eigenvalue weighted by Crippen LogP contribution is -2.68. The van der Waals surface area contributed by atoms with Crippen LogP contribution < -0.4 is 5.32 Å². The van der Waals surface area contributed by atoms with Crippen molar-refractivity contribution < 1.29 is 14.4 Å². The van der Waals surface area contributed by atoms with E-state index in [-0.39, 0.29) is 41.9 Å². The third kappa shape index (κ3) is 3.24. The Hall–Kier alpha value is -1.69. The molecule has 2 saturated heterocycles. The molecule has 3 rings (SSSR count). The Kier molecular flexibility index (Phi) is 4.76. The number of carbonyl (C=O) groups is 3. The molecule has 0 bridgehead atoms. The lowest BCUT2D eigenvalue weighted by molar-refractivity contribution is -0.147. The molecule has 0 spiro atoms. The summed E-state index contributed by atoms with van der Waals surface area (Å²) in [6, 6.07) is 3.88. The number of hydrogen-bond acceptors (Lipinski definition) is 4. The van der Waals surface area contributed by atoms with Crippen LogP contribution in [0.4, 0.5) is 0 Å². The highest BCUT2D eigenvalue weighted by Crippen LogP contribution is 2.38. The second kappa shape index (κ2) is 6.67. The van der Waals surface area contributed by atoms with E-state index in [1.807, 2.05) is 30.2 Å². The molecule has 0 saturated carbocycles. The van der Waals surface area contributed by atoms with Gasteiger partial charge in [-0.3, -0.25) is 14.4 Å². The molecule has 130 valence electrons. The average Bonchev–Trinajstić information content (AvgIpc) is 3.12. The minimum Gasteiger partial charge on any atom is -0.351 e. The minimum atomic E-state index is -0.288. The molecule has 1 atom stereocenters. The summed E-state index contributed by atoms with van der Waals surface area (Å²) in [4.78, 5) is 38.5. The van der Waals surface area contributed by atoms with Gasteiger partial charge in [0.25, 0.3) is 0 Å². The van der Waals surface area contributed by atoms with Gasteiger partial charge in [-0.2, -0.15) is 0 Å². The number of rotatable bonds is 5. The van der Waals surface area contributed by atoms with Gasteiger partial charge in [-0.05, 0) is 44.1 Å². The van der Waals surface area contributed by atoms with Gasteiger partial charge in [-0.25, -0.2) is 0 Å². The van der Waals surface area contributed by atoms with Crippen LogP contribution in [0.5, 0.6) is 0 Å². The van der Waals surface area contributed by atoms with Crippen LogP contribution in [0.15, 0.2) is 17.5 Å². The Morgan fingerprint density at radius 2 is 2.00 bits per heavy atom. The van der Waals surface area contributed by atoms with Gasteiger partial charge in [0.15, 0.2) is 5.78 Å². The molecule has 5 nitrogen and oxygen atoms in total. The van der Waals surface area contributed by atoms with Gasteiger partial charge in [-0.15, -0.1) is 11.3 Å². The quantitative estimate of drug-likeness (QED) is 0.657. The van der Waals surface area contributed by atoms with Crippen molar-refractivity contribution in [3.8, 4) is 0 Å². The zero-order valence-corrected chi connectivity index (χ0v) is 15.0. The van der Waals surface area contributed by atoms with E-state index in [1.165, 1.54) is 11.3 Å². The van der Waals surface area contributed by atoms with Gasteiger partial charge >= 0.3 is 0 Å². The lowest BCUT2D eigenvalue weighted by Gasteiger charge is -2.50. The fourth-order valence-corrected chi connectivity index (χ4v) is 4.39. The monoisotopic (exact) mass is 348 g/mol. The van der Waals surface area contributed by atoms with E-state index in [0.29, 0.717) is 5.92 Å². The molecule has 1 unspecified atom stereocenters. The third-order valence-corrected chi connectivity index (χ3v) is 6.29. The number of ketones is 1. The van der Waals surface area contributed by atoms with Gasteiger partial charge in [0.2, 0.25) is 11.8 Å². The molecular weight excluding hydrogens is 324 g/mol. The Morgan fingerprint density at radius 1 is 1.29 bits per heavy atom. The van der Waals surface area contributed by atoms with Gasteiger partial charge in [0, 0.05) is 32.0 Å². The van der Waals surface area contributed by atoms with E-state index < -0.39 is 0 Å². The van der Waals surface area contributed by atoms with Crippen LogP contribution in [-0.4, -0.2) is 41.6 Å². The van der Waals surface area contributed by atoms with Crippen molar-refractivity contribution in [2.24, 2.45) is 11.3 Å². The third-order valence-electron chi connectivity index (χ3n) is 5.37. The Bertz CT molecular complexity index is 631. The number of nitrogens with zero attached hydrogens (tertiary/aromatic N) is 1. The van der Waals surface area contributed by atoms with Crippen LogP contribution in [0.1, 0.15) is 49.2 Å². The molecule has 2 amide bonds. The number of likely N-dealkylation sites (tertiary alicyclic amines) is 1. The first kappa shape index (κ1) is 17.1. The van der Waals surface area contributed by atoms with Crippen molar-refractivity contribution in [1.29, 1.82) is 0 Å². The summed E-state index contributed by atoms with van der Waals surface area (Å²) in [5.41, 5.74) is -0.288. The van der Waals surface area contributed by atoms with Crippen LogP contribution in [-0.2, 0) is 9.59 Å². The maximum absolute atomic E-state index is 12.3. The van der Waals surface area contributed by atoms with Crippen LogP contribution in [0, 0.1) is 11.3 Å². The maximum Gasteiger partial charge on any atom is 0.228 e. The van der Waals surface area contributed by atoms with Crippen molar-refractivity contribution in [1.82, 2.24) is 10.2 Å². The predicted octanol–water partition coefficient (Wildman–Crippen LogP) is 2.47. The summed E-state index contributed by atoms with van der Waals surface area (Å²) in [6.07, 6.45) is 2.40. The summed E-state index contributed by atoms with van der Waals surface area (Å²) in [5, 5.41) is 4.89. The number of hydrogen-bond donors (Lipinski definition) is 1. The molecule has 2 aliphatic rings. The van der Waals surface area contributed by atoms with Gasteiger partial charge in [0.05, 0.1) is 10.3 Å². The molecule has 1 aromatic rings. The molecule has 1 aromatic heterocycles. The second-order valence-corrected chi connectivity index (χ2v) is 8.24. The van der Waals surface area contributed by atoms with Crippen LogP contribution in [0.25, 0.3) is 0 Å². The highest BCUT2D eigenvalue weighted by Gasteiger charge is 2.51. The fourth-order valence-electron chi connectivity index (χ4n) is 3.70. The van der Waals surface area contributed by atoms with Crippen molar-refractivity contribution in [2.75, 3.05) is 13.1 Å². The van der Waals surface area contributed by atoms with Crippen molar-refractivity contribution in [3.63, 3.8) is 0 Å². The standard InChI is InChI=1S/C18H24N2O3S/c1-18(2)16(19-17(18)23)12-7-9-20(10-8-12)15(22)6-5-13(21)14-4-3-11-24-14/h3-4,11-12,16H,5-10H2,1-2H3,(H,19,23). The fraction of sp³-hybridized carbons (Fsp3) is 0.611. The van der Waals surface area contributed by atoms with E-state index in [4.69, 9.17) is 0 Å². The number of carbonyl (C=O) groups excluding carboxylic acids is 3. The Morgan fingerprint density at radius 3 is 2.54 bits per heavy atom. The van der Waals surface area contributed by atoms with Crippen molar-refractivity contribution >= 4 is 28.9 Å². The maximum atomic E-state index is 12.3. The van der Waals surface area contributed by atoms with E-state index >= 15 is 0 Å². The molecule has 0 radical (unpaired) electrons. The van der Waals surface area contributed by atoms with E-state index in [2.05, 4.69) is 5.32 Å². The number of nitrogens with one attached hydrogen (secondary N) is 1. The first-order chi connectivity index (χ1) is 11.4. The van der Waals surface area contributed by atoms with Crippen molar-refractivity contribution in [2.45, 2.75) is 45.6 Å². The SMILES string of the molecule is CC1(C)C(=O)NC1C1CCN(C(=O)CCC(=O)c2cccs2)CC1. The Labute approximate surface area is 146 Å².